The summed E-state index contributed by atoms with van der Waals surface area (Å²) in [6, 6.07) is 0. The lowest BCUT2D eigenvalue weighted by atomic mass is 9.89. The van der Waals surface area contributed by atoms with E-state index in [2.05, 4.69) is 92.5 Å². The first kappa shape index (κ1) is 16.6. The summed E-state index contributed by atoms with van der Waals surface area (Å²) in [6.45, 7) is 8.52. The monoisotopic (exact) mass is 498 g/mol. The van der Waals surface area contributed by atoms with Crippen LogP contribution in [0.4, 0.5) is 0 Å². The first-order valence-electron chi connectivity index (χ1n) is 5.22. The van der Waals surface area contributed by atoms with E-state index in [0.29, 0.717) is 0 Å². The van der Waals surface area contributed by atoms with E-state index in [1.165, 1.54) is 40.1 Å². The number of hydrogen-bond donors (Lipinski definition) is 0. The fourth-order valence-corrected chi connectivity index (χ4v) is 2.77. The van der Waals surface area contributed by atoms with Crippen molar-refractivity contribution in [1.29, 1.82) is 0 Å². The van der Waals surface area contributed by atoms with Gasteiger partial charge in [0.15, 0.2) is 0 Å². The van der Waals surface area contributed by atoms with Crippen LogP contribution in [-0.4, -0.2) is 0 Å². The average Bonchev–Trinajstić information content (AvgIpc) is 2.37. The molecular weight excluding hydrogens is 486 g/mol. The second-order valence-electron chi connectivity index (χ2n) is 3.86. The Balaban J connectivity index is 3.55. The Bertz CT molecular complexity index is 502. The minimum absolute atomic E-state index is 1.15. The lowest BCUT2D eigenvalue weighted by molar-refractivity contribution is 1.20. The van der Waals surface area contributed by atoms with Crippen LogP contribution in [0.1, 0.15) is 33.4 Å². The van der Waals surface area contributed by atoms with Crippen LogP contribution in [0.15, 0.2) is 0 Å². The Morgan fingerprint density at radius 3 is 1.17 bits per heavy atom. The molecule has 94 valence electrons. The molecule has 1 aromatic rings. The highest BCUT2D eigenvalue weighted by Gasteiger charge is 2.12. The van der Waals surface area contributed by atoms with Gasteiger partial charge in [0.1, 0.15) is 0 Å². The third-order valence-corrected chi connectivity index (χ3v) is 4.73. The molecule has 18 heavy (non-hydrogen) atoms. The molecule has 0 heterocycles. The Kier molecular flexibility index (Phi) is 7.30. The van der Waals surface area contributed by atoms with Crippen LogP contribution < -0.4 is 0 Å². The number of hydrogen-bond acceptors (Lipinski definition) is 2. The molecule has 0 saturated heterocycles. The molecule has 0 bridgehead atoms. The zero-order valence-corrected chi connectivity index (χ0v) is 16.5. The van der Waals surface area contributed by atoms with Crippen LogP contribution in [0, 0.1) is 50.0 Å². The third kappa shape index (κ3) is 3.75. The van der Waals surface area contributed by atoms with Crippen molar-refractivity contribution in [3.8, 4) is 22.3 Å². The molecule has 1 aromatic carbocycles. The van der Waals surface area contributed by atoms with Crippen LogP contribution in [0.3, 0.4) is 0 Å². The molecule has 0 aliphatic carbocycles. The lowest BCUT2D eigenvalue weighted by Crippen LogP contribution is -2.00. The molecule has 0 aliphatic rings. The molecule has 0 aromatic heterocycles. The van der Waals surface area contributed by atoms with E-state index in [1.54, 1.807) is 0 Å². The number of halogens is 2. The van der Waals surface area contributed by atoms with Crippen LogP contribution in [0.5, 0.6) is 0 Å². The summed E-state index contributed by atoms with van der Waals surface area (Å²) in [7, 11) is 3.04. The van der Waals surface area contributed by atoms with Gasteiger partial charge < -0.3 is 0 Å². The van der Waals surface area contributed by atoms with E-state index in [0.717, 1.165) is 11.1 Å². The van der Waals surface area contributed by atoms with Crippen molar-refractivity contribution in [3.63, 3.8) is 0 Å². The summed E-state index contributed by atoms with van der Waals surface area (Å²) in [6.07, 6.45) is 0. The standard InChI is InChI=1S/C14H12I2S2/c1-9-10(2)14(6-8-18-16)12(4)11(3)13(9)5-7-17-15/h1-4H3. The number of benzene rings is 1. The second-order valence-corrected chi connectivity index (χ2v) is 7.22. The zero-order chi connectivity index (χ0) is 13.7. The van der Waals surface area contributed by atoms with Gasteiger partial charge in [-0.05, 0) is 78.3 Å². The Morgan fingerprint density at radius 2 is 0.944 bits per heavy atom. The van der Waals surface area contributed by atoms with Gasteiger partial charge >= 0.3 is 0 Å². The first-order chi connectivity index (χ1) is 8.54. The van der Waals surface area contributed by atoms with Gasteiger partial charge in [0.2, 0.25) is 0 Å². The maximum absolute atomic E-state index is 3.25. The normalized spacial score (nSPS) is 9.22. The summed E-state index contributed by atoms with van der Waals surface area (Å²) in [5.74, 6) is 6.49. The van der Waals surface area contributed by atoms with Gasteiger partial charge in [-0.15, -0.1) is 0 Å². The fraction of sp³-hybridized carbons (Fsp3) is 0.286. The van der Waals surface area contributed by atoms with E-state index in [4.69, 9.17) is 0 Å². The van der Waals surface area contributed by atoms with E-state index in [1.807, 2.05) is 0 Å². The molecule has 0 N–H and O–H groups in total. The number of rotatable bonds is 0. The molecule has 1 rings (SSSR count). The largest absolute Gasteiger partial charge is 0.0536 e. The molecule has 0 unspecified atom stereocenters. The lowest BCUT2D eigenvalue weighted by Gasteiger charge is -2.14. The fourth-order valence-electron chi connectivity index (χ4n) is 1.83. The van der Waals surface area contributed by atoms with Crippen LogP contribution in [-0.2, 0) is 0 Å². The zero-order valence-electron chi connectivity index (χ0n) is 10.6. The van der Waals surface area contributed by atoms with Crippen molar-refractivity contribution in [2.24, 2.45) is 0 Å². The molecular formula is C14H12I2S2. The smallest absolute Gasteiger partial charge is 0.0319 e. The minimum atomic E-state index is 1.15. The molecule has 0 amide bonds. The molecule has 0 saturated carbocycles. The van der Waals surface area contributed by atoms with Gasteiger partial charge in [0.05, 0.1) is 0 Å². The third-order valence-electron chi connectivity index (χ3n) is 3.05. The molecule has 4 heteroatoms. The Hall–Kier alpha value is 0.500. The topological polar surface area (TPSA) is 0 Å². The van der Waals surface area contributed by atoms with Gasteiger partial charge in [0.25, 0.3) is 0 Å². The van der Waals surface area contributed by atoms with Gasteiger partial charge in [-0.1, -0.05) is 11.8 Å². The van der Waals surface area contributed by atoms with Gasteiger partial charge in [-0.2, -0.15) is 0 Å². The van der Waals surface area contributed by atoms with E-state index in [9.17, 15) is 0 Å². The molecule has 0 fully saturated rings. The quantitative estimate of drug-likeness (QED) is 0.333. The summed E-state index contributed by atoms with van der Waals surface area (Å²) in [5, 5.41) is 6.15. The first-order valence-corrected chi connectivity index (χ1v) is 11.9. The summed E-state index contributed by atoms with van der Waals surface area (Å²) in [5.41, 5.74) is 7.30. The van der Waals surface area contributed by atoms with Gasteiger partial charge in [-0.25, -0.2) is 0 Å². The van der Waals surface area contributed by atoms with Crippen LogP contribution in [0.2, 0.25) is 0 Å². The van der Waals surface area contributed by atoms with Gasteiger partial charge in [0, 0.05) is 53.5 Å². The van der Waals surface area contributed by atoms with E-state index >= 15 is 0 Å². The highest BCUT2D eigenvalue weighted by molar-refractivity contribution is 14.2. The molecule has 0 aliphatic heterocycles. The SMILES string of the molecule is Cc1c(C)c(C#CSI)c(C)c(C)c1C#CSI. The second kappa shape index (κ2) is 7.94. The van der Waals surface area contributed by atoms with Crippen molar-refractivity contribution in [3.05, 3.63) is 33.4 Å². The molecule has 0 atom stereocenters. The van der Waals surface area contributed by atoms with Crippen LogP contribution >= 0.6 is 60.3 Å². The highest BCUT2D eigenvalue weighted by atomic mass is 127. The van der Waals surface area contributed by atoms with Crippen molar-refractivity contribution in [2.45, 2.75) is 27.7 Å². The van der Waals surface area contributed by atoms with Crippen molar-refractivity contribution in [2.75, 3.05) is 0 Å². The van der Waals surface area contributed by atoms with Crippen molar-refractivity contribution in [1.82, 2.24) is 0 Å². The highest BCUT2D eigenvalue weighted by Crippen LogP contribution is 2.26. The van der Waals surface area contributed by atoms with Crippen molar-refractivity contribution >= 4 is 60.3 Å². The predicted molar refractivity (Wildman–Crippen MR) is 102 cm³/mol. The summed E-state index contributed by atoms with van der Waals surface area (Å²) >= 11 is 4.39. The average molecular weight is 498 g/mol. The molecule has 0 spiro atoms. The summed E-state index contributed by atoms with van der Waals surface area (Å²) < 4.78 is 0. The van der Waals surface area contributed by atoms with E-state index < -0.39 is 0 Å². The van der Waals surface area contributed by atoms with Crippen LogP contribution in [0.25, 0.3) is 0 Å². The Labute approximate surface area is 142 Å². The summed E-state index contributed by atoms with van der Waals surface area (Å²) in [4.78, 5) is 0. The Morgan fingerprint density at radius 1 is 0.667 bits per heavy atom. The molecule has 0 nitrogen and oxygen atoms in total. The minimum Gasteiger partial charge on any atom is -0.0536 e. The van der Waals surface area contributed by atoms with Gasteiger partial charge in [-0.3, -0.25) is 0 Å². The maximum Gasteiger partial charge on any atom is 0.0319 e. The maximum atomic E-state index is 3.25. The predicted octanol–water partition coefficient (Wildman–Crippen LogP) is 5.70. The van der Waals surface area contributed by atoms with E-state index in [-0.39, 0.29) is 0 Å². The molecule has 0 radical (unpaired) electrons. The van der Waals surface area contributed by atoms with Crippen molar-refractivity contribution < 1.29 is 0 Å².